The predicted molar refractivity (Wildman–Crippen MR) is 93.9 cm³/mol. The summed E-state index contributed by atoms with van der Waals surface area (Å²) in [6, 6.07) is 4.58. The summed E-state index contributed by atoms with van der Waals surface area (Å²) in [6.07, 6.45) is 0. The Bertz CT molecular complexity index is 483. The van der Waals surface area contributed by atoms with E-state index in [0.29, 0.717) is 6.04 Å². The molecule has 0 aromatic heterocycles. The zero-order chi connectivity index (χ0) is 16.3. The first-order valence-corrected chi connectivity index (χ1v) is 8.54. The lowest BCUT2D eigenvalue weighted by molar-refractivity contribution is 0.0859. The molecule has 4 nitrogen and oxygen atoms in total. The van der Waals surface area contributed by atoms with Crippen LogP contribution in [0.15, 0.2) is 16.6 Å². The molecule has 1 fully saturated rings. The smallest absolute Gasteiger partial charge is 0.137 e. The fourth-order valence-corrected chi connectivity index (χ4v) is 3.80. The van der Waals surface area contributed by atoms with Crippen molar-refractivity contribution in [1.82, 2.24) is 10.2 Å². The SMILES string of the molecule is COc1cc([C@H](N2CCNCC2)C(C)(C)C)cc(OC)c1Br. The normalized spacial score (nSPS) is 18.1. The Morgan fingerprint density at radius 1 is 1.09 bits per heavy atom. The summed E-state index contributed by atoms with van der Waals surface area (Å²) in [5.74, 6) is 1.64. The van der Waals surface area contributed by atoms with Gasteiger partial charge in [-0.25, -0.2) is 0 Å². The van der Waals surface area contributed by atoms with Crippen molar-refractivity contribution in [2.75, 3.05) is 40.4 Å². The van der Waals surface area contributed by atoms with Gasteiger partial charge in [-0.05, 0) is 39.0 Å². The van der Waals surface area contributed by atoms with Crippen LogP contribution in [0.3, 0.4) is 0 Å². The number of methoxy groups -OCH3 is 2. The van der Waals surface area contributed by atoms with Crippen molar-refractivity contribution < 1.29 is 9.47 Å². The van der Waals surface area contributed by atoms with Crippen LogP contribution in [0.4, 0.5) is 0 Å². The quantitative estimate of drug-likeness (QED) is 0.879. The maximum Gasteiger partial charge on any atom is 0.137 e. The largest absolute Gasteiger partial charge is 0.495 e. The second kappa shape index (κ2) is 7.20. The number of rotatable bonds is 4. The summed E-state index contributed by atoms with van der Waals surface area (Å²) in [5, 5.41) is 3.43. The molecule has 0 radical (unpaired) electrons. The Morgan fingerprint density at radius 2 is 1.59 bits per heavy atom. The lowest BCUT2D eigenvalue weighted by atomic mass is 9.80. The Kier molecular flexibility index (Phi) is 5.75. The zero-order valence-corrected chi connectivity index (χ0v) is 15.8. The average Bonchev–Trinajstić information content (AvgIpc) is 2.48. The summed E-state index contributed by atoms with van der Waals surface area (Å²) in [5.41, 5.74) is 1.37. The van der Waals surface area contributed by atoms with E-state index in [9.17, 15) is 0 Å². The van der Waals surface area contributed by atoms with Gasteiger partial charge in [-0.3, -0.25) is 4.90 Å². The van der Waals surface area contributed by atoms with E-state index in [1.165, 1.54) is 5.56 Å². The van der Waals surface area contributed by atoms with Crippen molar-refractivity contribution in [1.29, 1.82) is 0 Å². The van der Waals surface area contributed by atoms with Crippen LogP contribution < -0.4 is 14.8 Å². The van der Waals surface area contributed by atoms with Crippen LogP contribution >= 0.6 is 15.9 Å². The fourth-order valence-electron chi connectivity index (χ4n) is 3.25. The average molecular weight is 371 g/mol. The van der Waals surface area contributed by atoms with Crippen LogP contribution in [0.25, 0.3) is 0 Å². The predicted octanol–water partition coefficient (Wildman–Crippen LogP) is 3.46. The first-order chi connectivity index (χ1) is 10.4. The van der Waals surface area contributed by atoms with E-state index in [4.69, 9.17) is 9.47 Å². The van der Waals surface area contributed by atoms with Gasteiger partial charge in [-0.15, -0.1) is 0 Å². The Hall–Kier alpha value is -0.780. The molecule has 1 aromatic rings. The highest BCUT2D eigenvalue weighted by Crippen LogP contribution is 2.44. The van der Waals surface area contributed by atoms with Gasteiger partial charge in [0.15, 0.2) is 0 Å². The summed E-state index contributed by atoms with van der Waals surface area (Å²) in [4.78, 5) is 2.55. The number of hydrogen-bond acceptors (Lipinski definition) is 4. The minimum absolute atomic E-state index is 0.126. The van der Waals surface area contributed by atoms with E-state index in [1.54, 1.807) is 14.2 Å². The zero-order valence-electron chi connectivity index (χ0n) is 14.2. The number of benzene rings is 1. The number of ether oxygens (including phenoxy) is 2. The van der Waals surface area contributed by atoms with Crippen molar-refractivity contribution in [2.45, 2.75) is 26.8 Å². The van der Waals surface area contributed by atoms with Gasteiger partial charge in [0.1, 0.15) is 16.0 Å². The van der Waals surface area contributed by atoms with Gasteiger partial charge in [0, 0.05) is 32.2 Å². The summed E-state index contributed by atoms with van der Waals surface area (Å²) in [7, 11) is 3.39. The maximum atomic E-state index is 5.52. The van der Waals surface area contributed by atoms with Crippen molar-refractivity contribution >= 4 is 15.9 Å². The molecular weight excluding hydrogens is 344 g/mol. The van der Waals surface area contributed by atoms with Gasteiger partial charge in [0.05, 0.1) is 14.2 Å². The number of halogens is 1. The highest BCUT2D eigenvalue weighted by molar-refractivity contribution is 9.10. The van der Waals surface area contributed by atoms with E-state index in [2.05, 4.69) is 59.1 Å². The molecule has 1 saturated heterocycles. The van der Waals surface area contributed by atoms with Gasteiger partial charge in [-0.2, -0.15) is 0 Å². The highest BCUT2D eigenvalue weighted by Gasteiger charge is 2.33. The number of nitrogens with one attached hydrogen (secondary N) is 1. The molecule has 5 heteroatoms. The molecule has 1 heterocycles. The van der Waals surface area contributed by atoms with Crippen LogP contribution in [-0.2, 0) is 0 Å². The molecule has 0 aliphatic carbocycles. The second-order valence-corrected chi connectivity index (χ2v) is 7.59. The second-order valence-electron chi connectivity index (χ2n) is 6.79. The monoisotopic (exact) mass is 370 g/mol. The lowest BCUT2D eigenvalue weighted by Gasteiger charge is -2.42. The van der Waals surface area contributed by atoms with Crippen LogP contribution in [0.1, 0.15) is 32.4 Å². The molecule has 0 bridgehead atoms. The Morgan fingerprint density at radius 3 is 2.00 bits per heavy atom. The van der Waals surface area contributed by atoms with E-state index in [-0.39, 0.29) is 5.41 Å². The van der Waals surface area contributed by atoms with Gasteiger partial charge in [0.25, 0.3) is 0 Å². The lowest BCUT2D eigenvalue weighted by Crippen LogP contribution is -2.48. The van der Waals surface area contributed by atoms with Crippen LogP contribution in [-0.4, -0.2) is 45.3 Å². The molecule has 1 N–H and O–H groups in total. The Balaban J connectivity index is 2.47. The number of piperazine rings is 1. The molecule has 22 heavy (non-hydrogen) atoms. The van der Waals surface area contributed by atoms with Gasteiger partial charge in [-0.1, -0.05) is 20.8 Å². The minimum atomic E-state index is 0.126. The molecule has 0 unspecified atom stereocenters. The molecule has 0 spiro atoms. The fraction of sp³-hybridized carbons (Fsp3) is 0.647. The van der Waals surface area contributed by atoms with E-state index < -0.39 is 0 Å². The topological polar surface area (TPSA) is 33.7 Å². The standard InChI is InChI=1S/C17H27BrN2O2/c1-17(2,3)16(20-8-6-19-7-9-20)12-10-13(21-4)15(18)14(11-12)22-5/h10-11,16,19H,6-9H2,1-5H3/t16-/m0/s1. The Labute approximate surface area is 142 Å². The summed E-state index contributed by atoms with van der Waals surface area (Å²) in [6.45, 7) is 11.1. The van der Waals surface area contributed by atoms with Crippen LogP contribution in [0, 0.1) is 5.41 Å². The molecule has 1 atom stereocenters. The third-order valence-corrected chi connectivity index (χ3v) is 4.90. The van der Waals surface area contributed by atoms with E-state index >= 15 is 0 Å². The summed E-state index contributed by atoms with van der Waals surface area (Å²) >= 11 is 3.56. The van der Waals surface area contributed by atoms with Crippen LogP contribution in [0.5, 0.6) is 11.5 Å². The molecule has 0 saturated carbocycles. The van der Waals surface area contributed by atoms with Gasteiger partial charge < -0.3 is 14.8 Å². The molecular formula is C17H27BrN2O2. The van der Waals surface area contributed by atoms with Gasteiger partial charge in [0.2, 0.25) is 0 Å². The van der Waals surface area contributed by atoms with Crippen molar-refractivity contribution in [2.24, 2.45) is 5.41 Å². The highest BCUT2D eigenvalue weighted by atomic mass is 79.9. The first kappa shape index (κ1) is 17.6. The van der Waals surface area contributed by atoms with Crippen molar-refractivity contribution in [3.63, 3.8) is 0 Å². The van der Waals surface area contributed by atoms with Gasteiger partial charge >= 0.3 is 0 Å². The van der Waals surface area contributed by atoms with Crippen LogP contribution in [0.2, 0.25) is 0 Å². The summed E-state index contributed by atoms with van der Waals surface area (Å²) < 4.78 is 11.9. The van der Waals surface area contributed by atoms with Crippen molar-refractivity contribution in [3.05, 3.63) is 22.2 Å². The molecule has 124 valence electrons. The maximum absolute atomic E-state index is 5.52. The molecule has 2 rings (SSSR count). The number of nitrogens with zero attached hydrogens (tertiary/aromatic N) is 1. The molecule has 1 aliphatic rings. The van der Waals surface area contributed by atoms with E-state index in [0.717, 1.165) is 42.2 Å². The van der Waals surface area contributed by atoms with Crippen molar-refractivity contribution in [3.8, 4) is 11.5 Å². The number of hydrogen-bond donors (Lipinski definition) is 1. The van der Waals surface area contributed by atoms with E-state index in [1.807, 2.05) is 0 Å². The molecule has 1 aliphatic heterocycles. The third-order valence-electron chi connectivity index (χ3n) is 4.12. The third kappa shape index (κ3) is 3.76. The molecule has 1 aromatic carbocycles. The molecule has 0 amide bonds. The first-order valence-electron chi connectivity index (χ1n) is 7.74. The minimum Gasteiger partial charge on any atom is -0.495 e.